The molecule has 2 aliphatic rings. The molecule has 0 unspecified atom stereocenters. The number of amides is 10. The maximum Gasteiger partial charge on any atom is 0.246 e. The van der Waals surface area contributed by atoms with Crippen LogP contribution in [-0.2, 0) is 47.9 Å². The molecule has 2 fully saturated rings. The van der Waals surface area contributed by atoms with Crippen LogP contribution in [0.4, 0.5) is 0 Å². The molecule has 0 spiro atoms. The van der Waals surface area contributed by atoms with Gasteiger partial charge in [0.1, 0.15) is 46.9 Å². The summed E-state index contributed by atoms with van der Waals surface area (Å²) in [7, 11) is 2.08. The lowest BCUT2D eigenvalue weighted by molar-refractivity contribution is -0.146. The molecule has 2 rings (SSSR count). The highest BCUT2D eigenvalue weighted by Crippen LogP contribution is 2.26. The van der Waals surface area contributed by atoms with Crippen molar-refractivity contribution in [2.75, 3.05) is 59.4 Å². The zero-order chi connectivity index (χ0) is 62.7. The van der Waals surface area contributed by atoms with Crippen molar-refractivity contribution in [3.8, 4) is 0 Å². The summed E-state index contributed by atoms with van der Waals surface area (Å²) in [5.41, 5.74) is -4.64. The van der Waals surface area contributed by atoms with E-state index in [0.29, 0.717) is 51.6 Å². The number of piperazine rings is 1. The van der Waals surface area contributed by atoms with Gasteiger partial charge >= 0.3 is 0 Å². The molecular weight excluding hydrogens is 1060 g/mol. The summed E-state index contributed by atoms with van der Waals surface area (Å²) in [6.07, 6.45) is 10.9. The maximum absolute atomic E-state index is 14.6. The Balaban J connectivity index is 2.21. The lowest BCUT2D eigenvalue weighted by Crippen LogP contribution is -2.65. The summed E-state index contributed by atoms with van der Waals surface area (Å²) in [5.74, 6) is -4.97. The third-order valence-electron chi connectivity index (χ3n) is 15.5. The molecule has 0 radical (unpaired) electrons. The van der Waals surface area contributed by atoms with Crippen LogP contribution in [0.5, 0.6) is 0 Å². The third-order valence-corrected chi connectivity index (χ3v) is 15.5. The predicted octanol–water partition coefficient (Wildman–Crippen LogP) is 4.24. The minimum atomic E-state index is -1.63. The van der Waals surface area contributed by atoms with E-state index < -0.39 is 88.3 Å². The van der Waals surface area contributed by atoms with E-state index in [1.165, 1.54) is 46.4 Å². The Morgan fingerprint density at radius 1 is 0.542 bits per heavy atom. The molecule has 0 aliphatic carbocycles. The van der Waals surface area contributed by atoms with E-state index in [2.05, 4.69) is 73.2 Å². The van der Waals surface area contributed by atoms with Gasteiger partial charge in [0.15, 0.2) is 0 Å². The number of carbonyl (C=O) groups excluding carboxylic acids is 10. The fourth-order valence-corrected chi connectivity index (χ4v) is 10.3. The highest BCUT2D eigenvalue weighted by molar-refractivity contribution is 5.99. The topological polar surface area (TPSA) is 280 Å². The average molecular weight is 1170 g/mol. The molecule has 0 aromatic heterocycles. The summed E-state index contributed by atoms with van der Waals surface area (Å²) in [6, 6.07) is -4.39. The van der Waals surface area contributed by atoms with E-state index in [0.717, 1.165) is 84.1 Å². The second-order valence-corrected chi connectivity index (χ2v) is 26.1. The van der Waals surface area contributed by atoms with Crippen LogP contribution in [0.3, 0.4) is 0 Å². The van der Waals surface area contributed by atoms with Gasteiger partial charge in [-0.3, -0.25) is 52.8 Å². The lowest BCUT2D eigenvalue weighted by Gasteiger charge is -2.38. The number of likely N-dealkylation sites (tertiary alicyclic amines) is 1. The molecule has 2 aliphatic heterocycles. The molecule has 22 nitrogen and oxygen atoms in total. The van der Waals surface area contributed by atoms with Crippen LogP contribution in [0.1, 0.15) is 206 Å². The Kier molecular flexibility index (Phi) is 32.4. The average Bonchev–Trinajstić information content (AvgIpc) is 4.11. The monoisotopic (exact) mass is 1170 g/mol. The molecule has 0 aromatic carbocycles. The van der Waals surface area contributed by atoms with E-state index in [4.69, 9.17) is 0 Å². The molecule has 22 heteroatoms. The van der Waals surface area contributed by atoms with E-state index in [-0.39, 0.29) is 61.8 Å². The van der Waals surface area contributed by atoms with Gasteiger partial charge < -0.3 is 57.2 Å². The van der Waals surface area contributed by atoms with Crippen LogP contribution >= 0.6 is 0 Å². The van der Waals surface area contributed by atoms with Gasteiger partial charge in [-0.05, 0) is 111 Å². The van der Waals surface area contributed by atoms with Gasteiger partial charge in [-0.25, -0.2) is 0 Å². The predicted molar refractivity (Wildman–Crippen MR) is 324 cm³/mol. The highest BCUT2D eigenvalue weighted by atomic mass is 16.2. The molecule has 5 atom stereocenters. The number of likely N-dealkylation sites (N-methyl/N-ethyl adjacent to an activating group) is 1. The van der Waals surface area contributed by atoms with Crippen molar-refractivity contribution in [3.05, 3.63) is 0 Å². The van der Waals surface area contributed by atoms with Gasteiger partial charge in [0, 0.05) is 65.2 Å². The molecule has 83 heavy (non-hydrogen) atoms. The molecule has 0 saturated carbocycles. The number of hydrogen-bond acceptors (Lipinski definition) is 12. The number of hydrogen-bond donors (Lipinski definition) is 8. The van der Waals surface area contributed by atoms with Gasteiger partial charge in [0.05, 0.1) is 0 Å². The smallest absolute Gasteiger partial charge is 0.246 e. The Bertz CT molecular complexity index is 2090. The first-order valence-electron chi connectivity index (χ1n) is 31.3. The van der Waals surface area contributed by atoms with Crippen LogP contribution in [-0.4, -0.2) is 186 Å². The van der Waals surface area contributed by atoms with Crippen molar-refractivity contribution in [1.82, 2.24) is 62.1 Å². The third kappa shape index (κ3) is 26.6. The summed E-state index contributed by atoms with van der Waals surface area (Å²) in [6.45, 7) is 30.0. The number of nitrogens with zero attached hydrogens (tertiary/aromatic N) is 4. The first-order chi connectivity index (χ1) is 38.9. The minimum Gasteiger partial charge on any atom is -0.355 e. The number of rotatable bonds is 39. The van der Waals surface area contributed by atoms with Crippen molar-refractivity contribution in [1.29, 1.82) is 0 Å². The second-order valence-electron chi connectivity index (χ2n) is 26.1. The largest absolute Gasteiger partial charge is 0.355 e. The van der Waals surface area contributed by atoms with Gasteiger partial charge in [0.2, 0.25) is 59.6 Å². The fourth-order valence-electron chi connectivity index (χ4n) is 10.3. The first kappa shape index (κ1) is 73.7. The molecule has 0 aromatic rings. The van der Waals surface area contributed by atoms with Crippen molar-refractivity contribution in [2.45, 2.75) is 253 Å². The van der Waals surface area contributed by atoms with Crippen LogP contribution < -0.4 is 42.5 Å². The van der Waals surface area contributed by atoms with Crippen molar-refractivity contribution in [2.24, 2.45) is 17.8 Å². The highest BCUT2D eigenvalue weighted by Gasteiger charge is 2.42. The molecule has 2 saturated heterocycles. The molecular formula is C61H112N12O10. The first-order valence-corrected chi connectivity index (χ1v) is 31.3. The van der Waals surface area contributed by atoms with Crippen LogP contribution in [0.2, 0.25) is 0 Å². The van der Waals surface area contributed by atoms with E-state index in [9.17, 15) is 47.9 Å². The van der Waals surface area contributed by atoms with E-state index in [1.54, 1.807) is 4.90 Å². The number of carbonyl (C=O) groups is 10. The lowest BCUT2D eigenvalue weighted by atomic mass is 9.96. The second kappa shape index (κ2) is 36.5. The summed E-state index contributed by atoms with van der Waals surface area (Å²) in [4.78, 5) is 145. The van der Waals surface area contributed by atoms with E-state index >= 15 is 0 Å². The Labute approximate surface area is 498 Å². The normalized spacial score (nSPS) is 16.8. The Hall–Kier alpha value is -5.38. The summed E-state index contributed by atoms with van der Waals surface area (Å²) < 4.78 is 0. The van der Waals surface area contributed by atoms with Gasteiger partial charge in [0.25, 0.3) is 0 Å². The van der Waals surface area contributed by atoms with Crippen molar-refractivity contribution >= 4 is 59.6 Å². The Morgan fingerprint density at radius 2 is 1.04 bits per heavy atom. The van der Waals surface area contributed by atoms with Crippen molar-refractivity contribution in [3.63, 3.8) is 0 Å². The van der Waals surface area contributed by atoms with E-state index in [1.807, 2.05) is 41.5 Å². The van der Waals surface area contributed by atoms with Crippen LogP contribution in [0.15, 0.2) is 0 Å². The molecule has 476 valence electrons. The molecule has 8 N–H and O–H groups in total. The van der Waals surface area contributed by atoms with Crippen LogP contribution in [0, 0.1) is 17.8 Å². The maximum atomic E-state index is 14.6. The zero-order valence-corrected chi connectivity index (χ0v) is 53.7. The van der Waals surface area contributed by atoms with Crippen LogP contribution in [0.25, 0.3) is 0 Å². The van der Waals surface area contributed by atoms with Gasteiger partial charge in [-0.15, -0.1) is 0 Å². The molecule has 0 bridgehead atoms. The fraction of sp³-hybridized carbons (Fsp3) is 0.836. The van der Waals surface area contributed by atoms with Crippen molar-refractivity contribution < 1.29 is 47.9 Å². The molecule has 10 amide bonds. The quantitative estimate of drug-likeness (QED) is 0.0317. The van der Waals surface area contributed by atoms with Gasteiger partial charge in [-0.2, -0.15) is 0 Å². The standard InChI is InChI=1S/C61H112N12O10/c1-16-18-20-21-22-24-26-48(73(41-74)50-27-25-32-72(50)51(76)28-23-19-17-2)55(80)65-47(40-44(7)8)54(79)67-60(11,12)57(82)66-45(38-42(3)4)52(77)64-46(39-43(5)6)53(78)68-61(13,14)58(83)69-59(9,10)56(81)63-30-29-49(75)62-31-33-71-36-34-70(15)35-37-71/h41-48,50H,16-40H2,1-15H3,(H,62,75)(H,63,81)(H,64,77)(H,65,80)(H,66,82)(H,67,79)(H,68,78)(H,69,83)/t45-,46-,47-,48-,50+/m0/s1. The SMILES string of the molecule is CCCCCCCC[C@@H](C(=O)N[C@@H](CC(C)C)C(=O)NC(C)(C)C(=O)N[C@@H](CC(C)C)C(=O)N[C@@H](CC(C)C)C(=O)NC(C)(C)C(=O)NC(C)(C)C(=O)NCCC(=O)NCCN1CCN(C)CC1)N(C=O)[C@@H]1CCCN1C(=O)CCCCC. The zero-order valence-electron chi connectivity index (χ0n) is 53.7. The number of nitrogens with one attached hydrogen (secondary N) is 8. The minimum absolute atomic E-state index is 0.0478. The molecule has 2 heterocycles. The Morgan fingerprint density at radius 3 is 1.58 bits per heavy atom. The summed E-state index contributed by atoms with van der Waals surface area (Å²) >= 11 is 0. The summed E-state index contributed by atoms with van der Waals surface area (Å²) in [5, 5.41) is 22.4. The number of unbranched alkanes of at least 4 members (excludes halogenated alkanes) is 7. The van der Waals surface area contributed by atoms with Gasteiger partial charge in [-0.1, -0.05) is 107 Å².